The maximum atomic E-state index is 13.7. The molecule has 1 unspecified atom stereocenters. The van der Waals surface area contributed by atoms with E-state index in [1.54, 1.807) is 12.4 Å². The number of ether oxygens (including phenoxy) is 4. The number of aromatic nitrogens is 8. The van der Waals surface area contributed by atoms with Crippen molar-refractivity contribution in [3.05, 3.63) is 145 Å². The summed E-state index contributed by atoms with van der Waals surface area (Å²) in [6.07, 6.45) is 13.4. The summed E-state index contributed by atoms with van der Waals surface area (Å²) in [5, 5.41) is 28.1. The Morgan fingerprint density at radius 3 is 1.31 bits per heavy atom. The van der Waals surface area contributed by atoms with Crippen molar-refractivity contribution in [3.63, 3.8) is 0 Å². The Morgan fingerprint density at radius 2 is 0.892 bits per heavy atom. The number of nitrogens with zero attached hydrogens (tertiary/aromatic N) is 11. The van der Waals surface area contributed by atoms with Crippen molar-refractivity contribution >= 4 is 114 Å². The number of hydrogen-bond donors (Lipinski definition) is 16. The Kier molecular flexibility index (Phi) is 42.2. The minimum atomic E-state index is -1.07. The van der Waals surface area contributed by atoms with Gasteiger partial charge in [-0.25, -0.2) is 31.3 Å². The molecule has 748 valence electrons. The van der Waals surface area contributed by atoms with Crippen LogP contribution in [0.5, 0.6) is 23.0 Å². The Hall–Kier alpha value is -12.9. The number of nitrogens with two attached hydrogens (primary N) is 2. The van der Waals surface area contributed by atoms with Crippen LogP contribution in [-0.2, 0) is 38.4 Å². The van der Waals surface area contributed by atoms with Gasteiger partial charge in [0, 0.05) is 142 Å². The summed E-state index contributed by atoms with van der Waals surface area (Å²) in [5.41, 5.74) is 25.4. The topological polar surface area (TPSA) is 504 Å². The fourth-order valence-corrected chi connectivity index (χ4v) is 15.9. The molecular formula is C99H138IN27O12. The predicted octanol–water partition coefficient (Wildman–Crippen LogP) is 9.10. The molecule has 5 atom stereocenters. The standard InChI is InChI=1S/C99H138IN27O12/c1-65(108-91(131)62-105-41-16-40-104-61-72(121-102)20-10-12-46-124(8)50-42-106-89(129)22-14-52-136-74-32-36-79-84(56-74)115-92(111-79)68-24-28-70(29-25-68)94-113-81-38-34-76(58-86(81)117-94)138-54-18-44-122(4)5)96(132)109-66(2)97(133)110-67(3)98(134)119-83-60-78(83)99(135)126(64-88(101)128)48-17-49-127(103)63-73(120-100)21-11-13-47-125(9)51-43-107-90(130)23-15-53-137-75-33-37-80-85(57-75)116-93(112-80)69-26-30-71(31-27-69)95-114-82-39-35-77(59-87(82)118-95)139-55-19-45-123(6)7/h24-39,56-59,61,63,65-67,78,83,102,104-105,120H,10-23,40-55,60,62,64,103H2,1-9H3,(H2,101,128)(H,106,129)(H,107,130)(H,108,131)(H,109,132)(H,110,133)(H,111,115)(H,112,116)(H,113,117)(H,114,118)(H,119,134)/b72-61-,73-63-,121-102?/t65-,66-,67-,78+,83?/m1/s1. The quantitative estimate of drug-likeness (QED) is 0.00422. The number of likely N-dealkylation sites (N-methyl/N-ethyl adjacent to an activating group) is 2. The summed E-state index contributed by atoms with van der Waals surface area (Å²) in [5.74, 6) is 8.40. The van der Waals surface area contributed by atoms with Gasteiger partial charge in [-0.1, -0.05) is 48.5 Å². The first kappa shape index (κ1) is 107. The number of hydrazine groups is 1. The fraction of sp³-hybridized carbons (Fsp3) is 0.475. The van der Waals surface area contributed by atoms with E-state index in [-0.39, 0.29) is 37.4 Å². The summed E-state index contributed by atoms with van der Waals surface area (Å²) in [7, 11) is 12.2. The number of primary amides is 1. The monoisotopic (exact) mass is 2020 g/mol. The zero-order chi connectivity index (χ0) is 99.1. The molecule has 0 radical (unpaired) electrons. The van der Waals surface area contributed by atoms with Crippen LogP contribution in [0.3, 0.4) is 0 Å². The molecule has 0 spiro atoms. The first-order chi connectivity index (χ1) is 67.1. The molecule has 4 aromatic heterocycles. The number of H-pyrrole nitrogens is 4. The van der Waals surface area contributed by atoms with Crippen molar-refractivity contribution in [1.29, 1.82) is 5.53 Å². The van der Waals surface area contributed by atoms with Crippen LogP contribution in [0.1, 0.15) is 117 Å². The Morgan fingerprint density at radius 1 is 0.475 bits per heavy atom. The van der Waals surface area contributed by atoms with E-state index in [9.17, 15) is 38.4 Å². The lowest BCUT2D eigenvalue weighted by Gasteiger charge is -2.23. The van der Waals surface area contributed by atoms with Gasteiger partial charge in [0.1, 0.15) is 64.4 Å². The summed E-state index contributed by atoms with van der Waals surface area (Å²) >= 11 is 2.07. The third kappa shape index (κ3) is 35.5. The van der Waals surface area contributed by atoms with Gasteiger partial charge in [0.25, 0.3) is 0 Å². The molecule has 1 saturated carbocycles. The van der Waals surface area contributed by atoms with Crippen molar-refractivity contribution in [2.45, 2.75) is 141 Å². The molecule has 1 aliphatic carbocycles. The number of imidazole rings is 4. The molecule has 4 heterocycles. The van der Waals surface area contributed by atoms with E-state index in [4.69, 9.17) is 56.0 Å². The normalized spacial score (nSPS) is 13.9. The minimum absolute atomic E-state index is 0.0368. The molecule has 39 nitrogen and oxygen atoms in total. The lowest BCUT2D eigenvalue weighted by molar-refractivity contribution is -0.136. The number of aromatic amines is 4. The Balaban J connectivity index is 0.465. The predicted molar refractivity (Wildman–Crippen MR) is 547 cm³/mol. The van der Waals surface area contributed by atoms with Crippen LogP contribution in [0, 0.1) is 11.4 Å². The number of halogens is 1. The SMILES string of the molecule is C[C@@H](NC(=O)CNCCCN/C=C(/CCCCN(C)CCNC(=O)CCCOc1ccc2[nH]c(-c3ccc(-c4nc5cc(OCCCN(C)C)ccc5[nH]4)cc3)nc2c1)N=N)C(=O)N[C@H](C)C(=O)N[C@H](C)C(=O)NC1C[C@@H]1C(=O)N(CCCN(N)/C=C(/CCCCN(C)CCNC(=O)CCCOc1ccc2[nH]c(-c3ccc(-c4nc5cc(OCCCN(C)C)ccc5[nH]4)cc3)nc2c1)NI)CC(N)=O. The highest BCUT2D eigenvalue weighted by molar-refractivity contribution is 14.1. The second kappa shape index (κ2) is 55.1. The van der Waals surface area contributed by atoms with E-state index in [2.05, 4.69) is 142 Å². The second-order valence-electron chi connectivity index (χ2n) is 35.9. The first-order valence-corrected chi connectivity index (χ1v) is 49.0. The molecule has 6 aromatic carbocycles. The third-order valence-corrected chi connectivity index (χ3v) is 24.2. The highest BCUT2D eigenvalue weighted by Gasteiger charge is 2.47. The first-order valence-electron chi connectivity index (χ1n) is 47.9. The van der Waals surface area contributed by atoms with Gasteiger partial charge >= 0.3 is 0 Å². The van der Waals surface area contributed by atoms with Crippen LogP contribution in [0.2, 0.25) is 0 Å². The zero-order valence-corrected chi connectivity index (χ0v) is 83.4. The number of allylic oxidation sites excluding steroid dienone is 2. The number of rotatable bonds is 64. The molecule has 10 aromatic rings. The number of unbranched alkanes of at least 4 members (excludes halogenated alkanes) is 2. The van der Waals surface area contributed by atoms with Crippen molar-refractivity contribution in [1.82, 2.24) is 115 Å². The lowest BCUT2D eigenvalue weighted by Crippen LogP contribution is -2.55. The summed E-state index contributed by atoms with van der Waals surface area (Å²) in [4.78, 5) is 147. The van der Waals surface area contributed by atoms with Gasteiger partial charge in [-0.3, -0.25) is 38.4 Å². The molecule has 0 aliphatic heterocycles. The molecular weight excluding hydrogens is 1890 g/mol. The molecule has 0 bridgehead atoms. The van der Waals surface area contributed by atoms with E-state index < -0.39 is 59.6 Å². The van der Waals surface area contributed by atoms with Crippen LogP contribution in [0.15, 0.2) is 150 Å². The highest BCUT2D eigenvalue weighted by atomic mass is 127. The van der Waals surface area contributed by atoms with Crippen molar-refractivity contribution in [2.75, 3.05) is 160 Å². The molecule has 8 amide bonds. The van der Waals surface area contributed by atoms with Gasteiger partial charge in [-0.05, 0) is 215 Å². The van der Waals surface area contributed by atoms with E-state index in [1.807, 2.05) is 135 Å². The molecule has 1 aliphatic rings. The Labute approximate surface area is 825 Å². The second-order valence-corrected chi connectivity index (χ2v) is 36.4. The smallest absolute Gasteiger partial charge is 0.242 e. The molecule has 1 fully saturated rings. The third-order valence-electron chi connectivity index (χ3n) is 23.5. The van der Waals surface area contributed by atoms with Gasteiger partial charge in [0.15, 0.2) is 0 Å². The average molecular weight is 2030 g/mol. The van der Waals surface area contributed by atoms with Crippen molar-refractivity contribution in [3.8, 4) is 68.5 Å². The number of fused-ring (bicyclic) bond motifs is 4. The molecule has 18 N–H and O–H groups in total. The summed E-state index contributed by atoms with van der Waals surface area (Å²) in [6, 6.07) is 35.9. The van der Waals surface area contributed by atoms with Crippen LogP contribution in [0.4, 0.5) is 0 Å². The van der Waals surface area contributed by atoms with Crippen LogP contribution < -0.4 is 76.6 Å². The van der Waals surface area contributed by atoms with Crippen LogP contribution in [0.25, 0.3) is 89.7 Å². The fourth-order valence-electron chi connectivity index (χ4n) is 15.5. The average Bonchev–Trinajstić information content (AvgIpc) is 1.65. The summed E-state index contributed by atoms with van der Waals surface area (Å²) in [6.45, 7) is 13.6. The van der Waals surface area contributed by atoms with Gasteiger partial charge in [0.2, 0.25) is 47.3 Å². The minimum Gasteiger partial charge on any atom is -0.494 e. The molecule has 0 saturated heterocycles. The number of hydrogen-bond acceptors (Lipinski definition) is 27. The largest absolute Gasteiger partial charge is 0.494 e. The highest BCUT2D eigenvalue weighted by Crippen LogP contribution is 2.34. The van der Waals surface area contributed by atoms with Gasteiger partial charge in [-0.15, -0.1) is 0 Å². The Bertz CT molecular complexity index is 5740. The van der Waals surface area contributed by atoms with E-state index >= 15 is 0 Å². The molecule has 40 heteroatoms. The van der Waals surface area contributed by atoms with Crippen LogP contribution >= 0.6 is 22.9 Å². The molecule has 139 heavy (non-hydrogen) atoms. The van der Waals surface area contributed by atoms with E-state index in [0.717, 1.165) is 178 Å². The van der Waals surface area contributed by atoms with Gasteiger partial charge in [-0.2, -0.15) is 5.11 Å². The number of carbonyl (C=O) groups excluding carboxylic acids is 8. The van der Waals surface area contributed by atoms with E-state index in [0.29, 0.717) is 141 Å². The number of carbonyl (C=O) groups is 8. The van der Waals surface area contributed by atoms with Gasteiger partial charge < -0.3 is 120 Å². The van der Waals surface area contributed by atoms with Crippen molar-refractivity contribution < 1.29 is 57.3 Å². The lowest BCUT2D eigenvalue weighted by atomic mass is 10.1. The zero-order valence-electron chi connectivity index (χ0n) is 81.3. The maximum absolute atomic E-state index is 13.7. The van der Waals surface area contributed by atoms with Crippen molar-refractivity contribution in [2.24, 2.45) is 22.6 Å². The van der Waals surface area contributed by atoms with E-state index in [1.165, 1.54) is 30.7 Å². The van der Waals surface area contributed by atoms with Gasteiger partial charge in [0.05, 0.1) is 118 Å². The number of benzene rings is 6. The molecule has 11 rings (SSSR count). The maximum Gasteiger partial charge on any atom is 0.242 e. The number of amides is 8. The summed E-state index contributed by atoms with van der Waals surface area (Å²) < 4.78 is 27.2. The number of nitrogens with one attached hydrogen (secondary N) is 14. The van der Waals surface area contributed by atoms with Crippen LogP contribution in [-0.4, -0.2) is 301 Å².